The van der Waals surface area contributed by atoms with Crippen molar-refractivity contribution in [1.29, 1.82) is 0 Å². The molecule has 2 heterocycles. The molecule has 0 radical (unpaired) electrons. The first-order valence-electron chi connectivity index (χ1n) is 7.14. The Morgan fingerprint density at radius 1 is 1.30 bits per heavy atom. The molecule has 2 aromatic heterocycles. The zero-order chi connectivity index (χ0) is 15.0. The van der Waals surface area contributed by atoms with E-state index in [4.69, 9.17) is 11.5 Å². The lowest BCUT2D eigenvalue weighted by molar-refractivity contribution is 0.345. The van der Waals surface area contributed by atoms with Crippen LogP contribution in [-0.2, 0) is 13.6 Å². The second-order valence-corrected chi connectivity index (χ2v) is 5.73. The Kier molecular flexibility index (Phi) is 6.61. The van der Waals surface area contributed by atoms with Crippen LogP contribution in [0.15, 0.2) is 12.3 Å². The highest BCUT2D eigenvalue weighted by Gasteiger charge is 2.29. The van der Waals surface area contributed by atoms with Gasteiger partial charge in [-0.05, 0) is 19.8 Å². The molecule has 0 bridgehead atoms. The molecule has 3 rings (SSSR count). The largest absolute Gasteiger partial charge is 0.368 e. The molecule has 1 saturated carbocycles. The third kappa shape index (κ3) is 4.46. The van der Waals surface area contributed by atoms with Crippen LogP contribution in [0.5, 0.6) is 0 Å². The normalized spacial score (nSPS) is 19.3. The summed E-state index contributed by atoms with van der Waals surface area (Å²) in [6, 6.07) is 2.26. The van der Waals surface area contributed by atoms with E-state index >= 15 is 0 Å². The van der Waals surface area contributed by atoms with E-state index in [0.717, 1.165) is 35.6 Å². The summed E-state index contributed by atoms with van der Waals surface area (Å²) in [7, 11) is 1.91. The Hall–Kier alpha value is -1.57. The quantitative estimate of drug-likeness (QED) is 0.767. The summed E-state index contributed by atoms with van der Waals surface area (Å²) >= 11 is 0. The molecule has 1 aliphatic rings. The molecule has 7 nitrogen and oxygen atoms in total. The summed E-state index contributed by atoms with van der Waals surface area (Å²) in [5.41, 5.74) is 14.8. The van der Waals surface area contributed by atoms with Crippen molar-refractivity contribution in [3.05, 3.63) is 29.2 Å². The van der Waals surface area contributed by atoms with Crippen molar-refractivity contribution in [2.75, 3.05) is 11.1 Å². The van der Waals surface area contributed by atoms with Gasteiger partial charge in [0.2, 0.25) is 5.95 Å². The lowest BCUT2D eigenvalue weighted by Gasteiger charge is -2.32. The van der Waals surface area contributed by atoms with E-state index in [2.05, 4.69) is 20.4 Å². The van der Waals surface area contributed by atoms with Gasteiger partial charge in [0.1, 0.15) is 5.82 Å². The average molecular weight is 360 g/mol. The van der Waals surface area contributed by atoms with Crippen LogP contribution in [0, 0.1) is 6.92 Å². The number of nitrogens with zero attached hydrogens (tertiary/aromatic N) is 4. The first-order valence-corrected chi connectivity index (χ1v) is 7.14. The highest BCUT2D eigenvalue weighted by atomic mass is 35.5. The Bertz CT molecular complexity index is 653. The predicted octanol–water partition coefficient (Wildman–Crippen LogP) is 1.76. The van der Waals surface area contributed by atoms with Crippen molar-refractivity contribution in [3.63, 3.8) is 0 Å². The first-order chi connectivity index (χ1) is 10.0. The Morgan fingerprint density at radius 3 is 2.57 bits per heavy atom. The number of nitrogen functional groups attached to an aromatic ring is 1. The van der Waals surface area contributed by atoms with Gasteiger partial charge in [0.05, 0.1) is 11.4 Å². The topological polar surface area (TPSA) is 108 Å². The van der Waals surface area contributed by atoms with Gasteiger partial charge in [-0.3, -0.25) is 4.68 Å². The standard InChI is InChI=1S/C14H21N7.2ClH/c1-8-10(7-21(2)20-8)6-17-13-5-12(18-14(16)19-13)9-3-11(15)4-9;;/h5,7,9,11H,3-4,6,15H2,1-2H3,(H3,16,17,18,19);2*1H. The maximum atomic E-state index is 5.84. The number of rotatable bonds is 4. The van der Waals surface area contributed by atoms with Gasteiger partial charge < -0.3 is 16.8 Å². The average Bonchev–Trinajstić information content (AvgIpc) is 2.70. The third-order valence-corrected chi connectivity index (χ3v) is 3.93. The highest BCUT2D eigenvalue weighted by Crippen LogP contribution is 2.35. The summed E-state index contributed by atoms with van der Waals surface area (Å²) in [6.07, 6.45) is 3.94. The van der Waals surface area contributed by atoms with Crippen LogP contribution in [0.3, 0.4) is 0 Å². The summed E-state index contributed by atoms with van der Waals surface area (Å²) in [4.78, 5) is 8.56. The van der Waals surface area contributed by atoms with Crippen LogP contribution in [0.1, 0.15) is 35.7 Å². The second-order valence-electron chi connectivity index (χ2n) is 5.73. The van der Waals surface area contributed by atoms with E-state index < -0.39 is 0 Å². The fourth-order valence-electron chi connectivity index (χ4n) is 2.70. The van der Waals surface area contributed by atoms with Gasteiger partial charge in [-0.2, -0.15) is 10.1 Å². The molecule has 0 aliphatic heterocycles. The lowest BCUT2D eigenvalue weighted by Crippen LogP contribution is -2.35. The monoisotopic (exact) mass is 359 g/mol. The molecule has 0 amide bonds. The smallest absolute Gasteiger partial charge is 0.222 e. The molecule has 2 aromatic rings. The highest BCUT2D eigenvalue weighted by molar-refractivity contribution is 5.85. The number of aromatic nitrogens is 4. The second kappa shape index (κ2) is 7.81. The summed E-state index contributed by atoms with van der Waals surface area (Å²) < 4.78 is 1.81. The Balaban J connectivity index is 0.00000132. The predicted molar refractivity (Wildman–Crippen MR) is 96.2 cm³/mol. The number of aryl methyl sites for hydroxylation is 2. The van der Waals surface area contributed by atoms with E-state index in [0.29, 0.717) is 24.5 Å². The summed E-state index contributed by atoms with van der Waals surface area (Å²) in [6.45, 7) is 2.66. The molecule has 0 unspecified atom stereocenters. The van der Waals surface area contributed by atoms with E-state index in [9.17, 15) is 0 Å². The molecule has 0 saturated heterocycles. The van der Waals surface area contributed by atoms with E-state index in [1.54, 1.807) is 0 Å². The maximum Gasteiger partial charge on any atom is 0.222 e. The van der Waals surface area contributed by atoms with Gasteiger partial charge in [0.25, 0.3) is 0 Å². The number of halogens is 2. The Labute approximate surface area is 148 Å². The minimum absolute atomic E-state index is 0. The summed E-state index contributed by atoms with van der Waals surface area (Å²) in [5, 5.41) is 7.62. The van der Waals surface area contributed by atoms with Gasteiger partial charge in [-0.25, -0.2) is 4.98 Å². The molecule has 0 aromatic carbocycles. The number of hydrogen-bond donors (Lipinski definition) is 3. The van der Waals surface area contributed by atoms with E-state index in [1.165, 1.54) is 0 Å². The van der Waals surface area contributed by atoms with Gasteiger partial charge in [0.15, 0.2) is 0 Å². The van der Waals surface area contributed by atoms with Crippen molar-refractivity contribution in [2.45, 2.75) is 38.3 Å². The van der Waals surface area contributed by atoms with Gasteiger partial charge >= 0.3 is 0 Å². The van der Waals surface area contributed by atoms with Gasteiger partial charge in [0, 0.05) is 43.4 Å². The molecule has 1 fully saturated rings. The minimum Gasteiger partial charge on any atom is -0.368 e. The molecule has 1 aliphatic carbocycles. The van der Waals surface area contributed by atoms with Crippen LogP contribution in [-0.4, -0.2) is 25.8 Å². The molecule has 0 spiro atoms. The minimum atomic E-state index is 0. The SMILES string of the molecule is Cc1nn(C)cc1CNc1cc(C2CC(N)C2)nc(N)n1.Cl.Cl. The van der Waals surface area contributed by atoms with Crippen molar-refractivity contribution >= 4 is 36.6 Å². The van der Waals surface area contributed by atoms with Crippen LogP contribution >= 0.6 is 24.8 Å². The fourth-order valence-corrected chi connectivity index (χ4v) is 2.70. The van der Waals surface area contributed by atoms with Crippen LogP contribution in [0.4, 0.5) is 11.8 Å². The van der Waals surface area contributed by atoms with Crippen molar-refractivity contribution in [2.24, 2.45) is 12.8 Å². The van der Waals surface area contributed by atoms with Crippen molar-refractivity contribution in [3.8, 4) is 0 Å². The third-order valence-electron chi connectivity index (χ3n) is 3.93. The first kappa shape index (κ1) is 19.5. The maximum absolute atomic E-state index is 5.84. The number of nitrogens with one attached hydrogen (secondary N) is 1. The molecule has 0 atom stereocenters. The Morgan fingerprint density at radius 2 is 2.00 bits per heavy atom. The van der Waals surface area contributed by atoms with Gasteiger partial charge in [-0.15, -0.1) is 24.8 Å². The number of hydrogen-bond acceptors (Lipinski definition) is 6. The molecular weight excluding hydrogens is 337 g/mol. The zero-order valence-corrected chi connectivity index (χ0v) is 14.8. The van der Waals surface area contributed by atoms with E-state index in [-0.39, 0.29) is 24.8 Å². The molecular formula is C14H23Cl2N7. The number of nitrogens with two attached hydrogens (primary N) is 2. The number of anilines is 2. The summed E-state index contributed by atoms with van der Waals surface area (Å²) in [5.74, 6) is 1.46. The fraction of sp³-hybridized carbons (Fsp3) is 0.500. The van der Waals surface area contributed by atoms with Gasteiger partial charge in [-0.1, -0.05) is 0 Å². The van der Waals surface area contributed by atoms with Crippen LogP contribution in [0.25, 0.3) is 0 Å². The van der Waals surface area contributed by atoms with Crippen molar-refractivity contribution < 1.29 is 0 Å². The molecule has 23 heavy (non-hydrogen) atoms. The molecule has 9 heteroatoms. The zero-order valence-electron chi connectivity index (χ0n) is 13.2. The molecule has 128 valence electrons. The molecule has 5 N–H and O–H groups in total. The van der Waals surface area contributed by atoms with Crippen molar-refractivity contribution in [1.82, 2.24) is 19.7 Å². The van der Waals surface area contributed by atoms with Crippen LogP contribution < -0.4 is 16.8 Å². The van der Waals surface area contributed by atoms with Crippen LogP contribution in [0.2, 0.25) is 0 Å². The van der Waals surface area contributed by atoms with E-state index in [1.807, 2.05) is 30.9 Å². The lowest BCUT2D eigenvalue weighted by atomic mass is 9.78.